The maximum atomic E-state index is 12.9. The van der Waals surface area contributed by atoms with Crippen molar-refractivity contribution in [2.45, 2.75) is 167 Å². The van der Waals surface area contributed by atoms with Crippen LogP contribution < -0.4 is 10.2 Å². The molecule has 0 fully saturated rings. The Labute approximate surface area is 416 Å². The van der Waals surface area contributed by atoms with Crippen molar-refractivity contribution < 1.29 is 32.9 Å². The number of nitrogens with zero attached hydrogens (tertiary/aromatic N) is 1. The highest BCUT2D eigenvalue weighted by Gasteiger charge is 2.23. The Morgan fingerprint density at radius 2 is 0.926 bits per heavy atom. The number of nitrogens with one attached hydrogen (secondary N) is 1. The molecule has 0 heterocycles. The number of unbranched alkanes of at least 4 members (excludes halogenated alkanes) is 8. The van der Waals surface area contributed by atoms with Crippen molar-refractivity contribution in [3.63, 3.8) is 0 Å². The van der Waals surface area contributed by atoms with Gasteiger partial charge in [-0.2, -0.15) is 0 Å². The fraction of sp³-hybridized carbons (Fsp3) is 0.542. The molecular weight excluding hydrogens is 864 g/mol. The molecule has 0 aliphatic heterocycles. The molecule has 0 spiro atoms. The molecule has 0 saturated carbocycles. The SMILES string of the molecule is C/C=C/CC/C=C/CC/C=C/C(O)C(COP(=O)([O-])OCC[N+](C)(C)C)NC(=O)CCCCCCCC/C=C\C/C=C\C/C=C\C/C=C\C/C=C\C/C=C\C/C=C\C/C=C\C/C=C\C/C=C\CC. The molecule has 3 atom stereocenters. The third-order valence-electron chi connectivity index (χ3n) is 10.3. The minimum absolute atomic E-state index is 0.0217. The van der Waals surface area contributed by atoms with E-state index in [1.165, 1.54) is 0 Å². The molecule has 382 valence electrons. The van der Waals surface area contributed by atoms with E-state index < -0.39 is 26.6 Å². The normalized spacial score (nSPS) is 15.3. The smallest absolute Gasteiger partial charge is 0.268 e. The Morgan fingerprint density at radius 1 is 0.544 bits per heavy atom. The molecule has 0 saturated heterocycles. The molecule has 0 aliphatic rings. The van der Waals surface area contributed by atoms with Gasteiger partial charge in [0.1, 0.15) is 13.2 Å². The van der Waals surface area contributed by atoms with E-state index in [0.717, 1.165) is 128 Å². The molecule has 0 aromatic heterocycles. The number of carbonyl (C=O) groups excluding carboxylic acids is 1. The Kier molecular flexibility index (Phi) is 45.4. The van der Waals surface area contributed by atoms with Crippen LogP contribution in [0.25, 0.3) is 0 Å². The summed E-state index contributed by atoms with van der Waals surface area (Å²) in [5, 5.41) is 13.7. The van der Waals surface area contributed by atoms with Crippen LogP contribution in [0.5, 0.6) is 0 Å². The van der Waals surface area contributed by atoms with Crippen LogP contribution in [0.3, 0.4) is 0 Å². The molecule has 0 aromatic carbocycles. The molecule has 0 aliphatic carbocycles. The summed E-state index contributed by atoms with van der Waals surface area (Å²) in [6, 6.07) is -0.927. The molecule has 0 bridgehead atoms. The lowest BCUT2D eigenvalue weighted by Gasteiger charge is -2.29. The van der Waals surface area contributed by atoms with Crippen molar-refractivity contribution >= 4 is 13.7 Å². The van der Waals surface area contributed by atoms with E-state index in [0.29, 0.717) is 23.9 Å². The van der Waals surface area contributed by atoms with Crippen molar-refractivity contribution in [1.29, 1.82) is 0 Å². The summed E-state index contributed by atoms with van der Waals surface area (Å²) >= 11 is 0. The second kappa shape index (κ2) is 48.2. The van der Waals surface area contributed by atoms with Crippen LogP contribution in [0.4, 0.5) is 0 Å². The number of aliphatic hydroxyl groups excluding tert-OH is 1. The Balaban J connectivity index is 4.16. The van der Waals surface area contributed by atoms with Crippen molar-refractivity contribution in [3.05, 3.63) is 158 Å². The van der Waals surface area contributed by atoms with Gasteiger partial charge in [0, 0.05) is 6.42 Å². The summed E-state index contributed by atoms with van der Waals surface area (Å²) in [7, 11) is 1.19. The first-order valence-corrected chi connectivity index (χ1v) is 27.3. The van der Waals surface area contributed by atoms with E-state index >= 15 is 0 Å². The number of hydrogen-bond acceptors (Lipinski definition) is 6. The molecule has 0 radical (unpaired) electrons. The number of likely N-dealkylation sites (N-methyl/N-ethyl adjacent to an activating group) is 1. The lowest BCUT2D eigenvalue weighted by molar-refractivity contribution is -0.870. The van der Waals surface area contributed by atoms with Crippen LogP contribution in [0, 0.1) is 0 Å². The van der Waals surface area contributed by atoms with Gasteiger partial charge in [-0.15, -0.1) is 0 Å². The quantitative estimate of drug-likeness (QED) is 0.0273. The van der Waals surface area contributed by atoms with Gasteiger partial charge in [0.05, 0.1) is 39.9 Å². The Morgan fingerprint density at radius 3 is 1.37 bits per heavy atom. The van der Waals surface area contributed by atoms with E-state index in [-0.39, 0.29) is 12.5 Å². The van der Waals surface area contributed by atoms with Crippen molar-refractivity contribution in [3.8, 4) is 0 Å². The number of phosphoric acid groups is 1. The van der Waals surface area contributed by atoms with Crippen LogP contribution in [-0.2, 0) is 18.4 Å². The van der Waals surface area contributed by atoms with Crippen molar-refractivity contribution in [2.24, 2.45) is 0 Å². The fourth-order valence-corrected chi connectivity index (χ4v) is 7.00. The molecule has 0 rings (SSSR count). The summed E-state index contributed by atoms with van der Waals surface area (Å²) in [6.45, 7) is 4.21. The summed E-state index contributed by atoms with van der Waals surface area (Å²) in [5.41, 5.74) is 0. The molecule has 68 heavy (non-hydrogen) atoms. The average molecular weight is 959 g/mol. The Bertz CT molecular complexity index is 1650. The Hall–Kier alpha value is -3.88. The van der Waals surface area contributed by atoms with Crippen LogP contribution in [-0.4, -0.2) is 68.5 Å². The molecule has 3 unspecified atom stereocenters. The maximum Gasteiger partial charge on any atom is 0.268 e. The van der Waals surface area contributed by atoms with Gasteiger partial charge < -0.3 is 28.8 Å². The van der Waals surface area contributed by atoms with Crippen molar-refractivity contribution in [1.82, 2.24) is 5.32 Å². The summed E-state index contributed by atoms with van der Waals surface area (Å²) in [4.78, 5) is 25.3. The van der Waals surface area contributed by atoms with E-state index in [4.69, 9.17) is 9.05 Å². The summed E-state index contributed by atoms with van der Waals surface area (Å²) in [5.74, 6) is -0.238. The number of quaternary nitrogens is 1. The zero-order valence-corrected chi connectivity index (χ0v) is 44.1. The molecular formula is C59H95N2O6P. The third kappa shape index (κ3) is 50.0. The number of carbonyl (C=O) groups is 1. The standard InChI is InChI=1S/C59H95N2O6P/c1-6-8-10-12-14-16-17-18-19-20-21-22-23-24-25-26-27-28-29-30-31-32-33-34-35-36-37-38-39-40-41-42-43-45-47-49-51-53-59(63)60-57(56-67-68(64,65)66-55-54-61(3,4)5)58(62)52-50-48-46-44-15-13-11-9-7-2/h7-10,14-16,18-19,21-22,24-25,27-28,30-31,33-34,36-37,39-40,44,50,52,57-58,62H,6,11-13,17,20,23,26,29,32,35,38,41-43,45-49,51,53-56H2,1-5H3,(H-,60,63,64,65)/b9-7+,10-8-,16-14-,19-18-,22-21-,25-24-,28-27-,31-30-,34-33-,37-36-,40-39-,44-15+,52-50+. The van der Waals surface area contributed by atoms with Gasteiger partial charge in [-0.1, -0.05) is 191 Å². The molecule has 2 N–H and O–H groups in total. The van der Waals surface area contributed by atoms with E-state index in [1.54, 1.807) is 6.08 Å². The van der Waals surface area contributed by atoms with Crippen LogP contribution in [0.1, 0.15) is 155 Å². The van der Waals surface area contributed by atoms with Gasteiger partial charge in [0.2, 0.25) is 5.91 Å². The van der Waals surface area contributed by atoms with Crippen LogP contribution in [0.15, 0.2) is 158 Å². The van der Waals surface area contributed by atoms with Crippen LogP contribution >= 0.6 is 7.82 Å². The molecule has 0 aromatic rings. The summed E-state index contributed by atoms with van der Waals surface area (Å²) < 4.78 is 23.1. The summed E-state index contributed by atoms with van der Waals surface area (Å²) in [6.07, 6.45) is 76.3. The maximum absolute atomic E-state index is 12.9. The molecule has 8 nitrogen and oxygen atoms in total. The molecule has 9 heteroatoms. The second-order valence-electron chi connectivity index (χ2n) is 17.8. The largest absolute Gasteiger partial charge is 0.756 e. The highest BCUT2D eigenvalue weighted by Crippen LogP contribution is 2.38. The van der Waals surface area contributed by atoms with Gasteiger partial charge in [-0.25, -0.2) is 0 Å². The lowest BCUT2D eigenvalue weighted by atomic mass is 10.1. The zero-order valence-electron chi connectivity index (χ0n) is 43.2. The topological polar surface area (TPSA) is 108 Å². The predicted molar refractivity (Wildman–Crippen MR) is 292 cm³/mol. The monoisotopic (exact) mass is 959 g/mol. The predicted octanol–water partition coefficient (Wildman–Crippen LogP) is 14.9. The number of hydrogen-bond donors (Lipinski definition) is 2. The van der Waals surface area contributed by atoms with Crippen LogP contribution in [0.2, 0.25) is 0 Å². The third-order valence-corrected chi connectivity index (χ3v) is 11.3. The zero-order chi connectivity index (χ0) is 49.9. The highest BCUT2D eigenvalue weighted by molar-refractivity contribution is 7.45. The van der Waals surface area contributed by atoms with Gasteiger partial charge in [-0.3, -0.25) is 9.36 Å². The fourth-order valence-electron chi connectivity index (χ4n) is 6.28. The van der Waals surface area contributed by atoms with Gasteiger partial charge in [0.25, 0.3) is 7.82 Å². The van der Waals surface area contributed by atoms with Gasteiger partial charge >= 0.3 is 0 Å². The average Bonchev–Trinajstić information content (AvgIpc) is 3.30. The minimum Gasteiger partial charge on any atom is -0.756 e. The number of rotatable bonds is 44. The van der Waals surface area contributed by atoms with E-state index in [1.807, 2.05) is 40.2 Å². The number of aliphatic hydroxyl groups is 1. The van der Waals surface area contributed by atoms with Gasteiger partial charge in [0.15, 0.2) is 0 Å². The first-order valence-electron chi connectivity index (χ1n) is 25.8. The van der Waals surface area contributed by atoms with E-state index in [9.17, 15) is 19.4 Å². The number of amides is 1. The lowest BCUT2D eigenvalue weighted by Crippen LogP contribution is -2.45. The van der Waals surface area contributed by atoms with Gasteiger partial charge in [-0.05, 0) is 116 Å². The molecule has 1 amide bonds. The minimum atomic E-state index is -4.61. The highest BCUT2D eigenvalue weighted by atomic mass is 31.2. The first kappa shape index (κ1) is 64.1. The number of phosphoric ester groups is 1. The second-order valence-corrected chi connectivity index (χ2v) is 19.2. The number of allylic oxidation sites excluding steroid dienone is 25. The van der Waals surface area contributed by atoms with Crippen molar-refractivity contribution in [2.75, 3.05) is 40.9 Å². The van der Waals surface area contributed by atoms with E-state index in [2.05, 4.69) is 152 Å². The first-order chi connectivity index (χ1) is 33.0.